The van der Waals surface area contributed by atoms with E-state index in [1.54, 1.807) is 44.4 Å². The minimum Gasteiger partial charge on any atom is -0.496 e. The van der Waals surface area contributed by atoms with Crippen LogP contribution in [0.15, 0.2) is 65.8 Å². The van der Waals surface area contributed by atoms with Crippen molar-refractivity contribution in [2.24, 2.45) is 0 Å². The molecule has 0 bridgehead atoms. The number of ether oxygens (including phenoxy) is 1. The highest BCUT2D eigenvalue weighted by Gasteiger charge is 2.56. The van der Waals surface area contributed by atoms with Crippen LogP contribution in [0.2, 0.25) is 0 Å². The van der Waals surface area contributed by atoms with E-state index in [0.29, 0.717) is 21.5 Å². The van der Waals surface area contributed by atoms with E-state index in [1.807, 2.05) is 12.1 Å². The Morgan fingerprint density at radius 3 is 2.51 bits per heavy atom. The Kier molecular flexibility index (Phi) is 6.50. The number of halogens is 3. The number of methoxy groups -OCH3 is 1. The molecule has 0 spiro atoms. The Balaban J connectivity index is 1.74. The Bertz CT molecular complexity index is 1400. The van der Waals surface area contributed by atoms with Gasteiger partial charge in [0.1, 0.15) is 5.75 Å². The average molecular weight is 503 g/mol. The van der Waals surface area contributed by atoms with Gasteiger partial charge in [-0.1, -0.05) is 26.0 Å². The molecule has 2 N–H and O–H groups in total. The molecule has 9 heteroatoms. The molecular weight excluding hydrogens is 477 g/mol. The zero-order valence-electron chi connectivity index (χ0n) is 19.4. The Hall–Kier alpha value is -3.17. The minimum atomic E-state index is -4.90. The van der Waals surface area contributed by atoms with Crippen LogP contribution in [-0.2, 0) is 11.8 Å². The number of aromatic amines is 1. The van der Waals surface area contributed by atoms with Crippen LogP contribution in [0.3, 0.4) is 0 Å². The lowest BCUT2D eigenvalue weighted by molar-refractivity contribution is -0.266. The molecule has 4 rings (SSSR count). The van der Waals surface area contributed by atoms with Crippen molar-refractivity contribution in [1.29, 1.82) is 0 Å². The van der Waals surface area contributed by atoms with Crippen molar-refractivity contribution < 1.29 is 23.0 Å². The minimum absolute atomic E-state index is 0.270. The molecule has 1 atom stereocenters. The summed E-state index contributed by atoms with van der Waals surface area (Å²) in [5.74, 6) is 0.430. The summed E-state index contributed by atoms with van der Waals surface area (Å²) in [5, 5.41) is 11.1. The summed E-state index contributed by atoms with van der Waals surface area (Å²) in [6.07, 6.45) is -1.42. The molecule has 5 nitrogen and oxygen atoms in total. The van der Waals surface area contributed by atoms with Gasteiger partial charge in [0.15, 0.2) is 11.0 Å². The number of hydrogen-bond acceptors (Lipinski definition) is 5. The summed E-state index contributed by atoms with van der Waals surface area (Å²) in [7, 11) is 1.46. The van der Waals surface area contributed by atoms with E-state index in [0.717, 1.165) is 22.5 Å². The summed E-state index contributed by atoms with van der Waals surface area (Å²) in [6.45, 7) is 3.31. The molecule has 4 aromatic rings. The quantitative estimate of drug-likeness (QED) is 0.332. The fraction of sp³-hybridized carbons (Fsp3) is 0.308. The molecule has 0 fully saturated rings. The summed E-state index contributed by atoms with van der Waals surface area (Å²) >= 11 is 0.961. The van der Waals surface area contributed by atoms with Gasteiger partial charge in [0.05, 0.1) is 17.3 Å². The van der Waals surface area contributed by atoms with E-state index in [9.17, 15) is 23.1 Å². The number of nitrogens with one attached hydrogen (secondary N) is 1. The highest BCUT2D eigenvalue weighted by atomic mass is 32.1. The fourth-order valence-corrected chi connectivity index (χ4v) is 5.58. The molecule has 0 aliphatic carbocycles. The van der Waals surface area contributed by atoms with Gasteiger partial charge in [-0.05, 0) is 41.7 Å². The van der Waals surface area contributed by atoms with Crippen molar-refractivity contribution >= 4 is 21.6 Å². The lowest BCUT2D eigenvalue weighted by Gasteiger charge is -2.38. The van der Waals surface area contributed by atoms with E-state index in [4.69, 9.17) is 4.74 Å². The monoisotopic (exact) mass is 502 g/mol. The van der Waals surface area contributed by atoms with Gasteiger partial charge in [-0.2, -0.15) is 13.2 Å². The highest BCUT2D eigenvalue weighted by molar-refractivity contribution is 7.18. The molecule has 0 saturated heterocycles. The van der Waals surface area contributed by atoms with Gasteiger partial charge in [0, 0.05) is 47.1 Å². The maximum absolute atomic E-state index is 14.3. The van der Waals surface area contributed by atoms with Crippen LogP contribution in [0.5, 0.6) is 5.75 Å². The summed E-state index contributed by atoms with van der Waals surface area (Å²) in [4.78, 5) is 19.3. The molecule has 184 valence electrons. The van der Waals surface area contributed by atoms with Crippen LogP contribution >= 0.6 is 11.3 Å². The third kappa shape index (κ3) is 4.97. The zero-order chi connectivity index (χ0) is 25.4. The number of thiophene rings is 1. The zero-order valence-corrected chi connectivity index (χ0v) is 20.3. The predicted octanol–water partition coefficient (Wildman–Crippen LogP) is 5.86. The smallest absolute Gasteiger partial charge is 0.417 e. The van der Waals surface area contributed by atoms with Gasteiger partial charge in [0.2, 0.25) is 0 Å². The van der Waals surface area contributed by atoms with Gasteiger partial charge in [-0.3, -0.25) is 9.78 Å². The topological polar surface area (TPSA) is 75.2 Å². The maximum atomic E-state index is 14.3. The first-order valence-corrected chi connectivity index (χ1v) is 11.7. The molecule has 1 unspecified atom stereocenters. The van der Waals surface area contributed by atoms with E-state index < -0.39 is 30.0 Å². The predicted molar refractivity (Wildman–Crippen MR) is 131 cm³/mol. The largest absolute Gasteiger partial charge is 0.496 e. The van der Waals surface area contributed by atoms with Crippen molar-refractivity contribution in [2.75, 3.05) is 7.11 Å². The molecule has 35 heavy (non-hydrogen) atoms. The van der Waals surface area contributed by atoms with E-state index >= 15 is 0 Å². The summed E-state index contributed by atoms with van der Waals surface area (Å²) in [6, 6.07) is 11.8. The SMILES string of the molecule is COc1ccc(-c2cccnc2)cc1C(C)(C)CC(O)(Cc1cc2[nH]ccc(=O)c2s1)C(F)(F)F. The summed E-state index contributed by atoms with van der Waals surface area (Å²) in [5.41, 5.74) is -1.85. The van der Waals surface area contributed by atoms with Crippen molar-refractivity contribution in [3.8, 4) is 16.9 Å². The molecule has 3 aromatic heterocycles. The standard InChI is InChI=1S/C26H25F3N2O3S/c1-24(2,19-11-16(6-7-22(19)34-3)17-5-4-9-30-14-17)15-25(33,26(27,28)29)13-18-12-20-23(35-18)21(32)8-10-31-20/h4-12,14,33H,13,15H2,1-3H3,(H,31,32). The lowest BCUT2D eigenvalue weighted by Crippen LogP contribution is -2.50. The number of rotatable bonds is 7. The van der Waals surface area contributed by atoms with Crippen molar-refractivity contribution in [3.05, 3.63) is 81.7 Å². The van der Waals surface area contributed by atoms with E-state index in [2.05, 4.69) is 9.97 Å². The lowest BCUT2D eigenvalue weighted by atomic mass is 9.73. The van der Waals surface area contributed by atoms with Crippen LogP contribution in [0.1, 0.15) is 30.7 Å². The van der Waals surface area contributed by atoms with E-state index in [-0.39, 0.29) is 10.3 Å². The Morgan fingerprint density at radius 1 is 1.11 bits per heavy atom. The number of H-pyrrole nitrogens is 1. The number of nitrogens with zero attached hydrogens (tertiary/aromatic N) is 1. The molecule has 3 heterocycles. The number of benzene rings is 1. The second-order valence-corrected chi connectivity index (χ2v) is 10.4. The van der Waals surface area contributed by atoms with Crippen molar-refractivity contribution in [1.82, 2.24) is 9.97 Å². The fourth-order valence-electron chi connectivity index (χ4n) is 4.43. The summed E-state index contributed by atoms with van der Waals surface area (Å²) < 4.78 is 48.8. The average Bonchev–Trinajstić information content (AvgIpc) is 3.21. The molecule has 0 aliphatic heterocycles. The number of alkyl halides is 3. The van der Waals surface area contributed by atoms with Gasteiger partial charge in [0.25, 0.3) is 0 Å². The number of fused-ring (bicyclic) bond motifs is 1. The number of aliphatic hydroxyl groups is 1. The number of pyridine rings is 2. The molecule has 0 aliphatic rings. The van der Waals surface area contributed by atoms with Crippen molar-refractivity contribution in [3.63, 3.8) is 0 Å². The first-order valence-electron chi connectivity index (χ1n) is 10.9. The van der Waals surface area contributed by atoms with Gasteiger partial charge < -0.3 is 14.8 Å². The van der Waals surface area contributed by atoms with Crippen molar-refractivity contribution in [2.45, 2.75) is 43.9 Å². The third-order valence-corrected chi connectivity index (χ3v) is 7.28. The molecular formula is C26H25F3N2O3S. The van der Waals surface area contributed by atoms with Crippen LogP contribution in [0, 0.1) is 0 Å². The molecule has 1 aromatic carbocycles. The van der Waals surface area contributed by atoms with Crippen LogP contribution in [0.25, 0.3) is 21.3 Å². The molecule has 0 amide bonds. The first kappa shape index (κ1) is 24.9. The highest BCUT2D eigenvalue weighted by Crippen LogP contribution is 2.46. The molecule has 0 radical (unpaired) electrons. The third-order valence-electron chi connectivity index (χ3n) is 6.13. The number of aromatic nitrogens is 2. The normalized spacial score (nSPS) is 14.1. The number of hydrogen-bond donors (Lipinski definition) is 2. The van der Waals surface area contributed by atoms with Crippen LogP contribution < -0.4 is 10.2 Å². The second kappa shape index (κ2) is 9.13. The Morgan fingerprint density at radius 2 is 1.89 bits per heavy atom. The molecule has 0 saturated carbocycles. The second-order valence-electron chi connectivity index (χ2n) is 9.22. The van der Waals surface area contributed by atoms with Crippen LogP contribution in [0.4, 0.5) is 13.2 Å². The van der Waals surface area contributed by atoms with Gasteiger partial charge in [-0.25, -0.2) is 0 Å². The van der Waals surface area contributed by atoms with Gasteiger partial charge >= 0.3 is 6.18 Å². The van der Waals surface area contributed by atoms with Gasteiger partial charge in [-0.15, -0.1) is 11.3 Å². The first-order chi connectivity index (χ1) is 16.4. The van der Waals surface area contributed by atoms with Crippen LogP contribution in [-0.4, -0.2) is 34.0 Å². The Labute approximate surface area is 204 Å². The van der Waals surface area contributed by atoms with E-state index in [1.165, 1.54) is 25.4 Å². The maximum Gasteiger partial charge on any atom is 0.417 e.